The molecule has 120 valence electrons. The summed E-state index contributed by atoms with van der Waals surface area (Å²) in [5.74, 6) is 0.857. The normalized spacial score (nSPS) is 25.2. The molecule has 0 bridgehead atoms. The lowest BCUT2D eigenvalue weighted by Crippen LogP contribution is -2.45. The molecule has 1 aromatic rings. The fraction of sp³-hybridized carbons (Fsp3) is 0.588. The Bertz CT molecular complexity index is 499. The van der Waals surface area contributed by atoms with Crippen molar-refractivity contribution in [2.45, 2.75) is 31.8 Å². The van der Waals surface area contributed by atoms with Crippen LogP contribution in [0.5, 0.6) is 5.75 Å². The smallest absolute Gasteiger partial charge is 0.251 e. The number of piperidine rings is 1. The Kier molecular flexibility index (Phi) is 4.93. The Labute approximate surface area is 130 Å². The number of likely N-dealkylation sites (tertiary alicyclic amines) is 1. The van der Waals surface area contributed by atoms with Crippen molar-refractivity contribution in [2.24, 2.45) is 5.92 Å². The monoisotopic (exact) mass is 307 g/mol. The SMILES string of the molecule is O=C(C1CCCO1)N1CCCC(COc2ccc(F)cc2)C1. The predicted octanol–water partition coefficient (Wildman–Crippen LogP) is 2.62. The zero-order chi connectivity index (χ0) is 15.4. The highest BCUT2D eigenvalue weighted by atomic mass is 19.1. The van der Waals surface area contributed by atoms with Gasteiger partial charge in [-0.3, -0.25) is 4.79 Å². The molecule has 0 N–H and O–H groups in total. The number of rotatable bonds is 4. The number of halogens is 1. The number of hydrogen-bond acceptors (Lipinski definition) is 3. The number of amides is 1. The first-order valence-electron chi connectivity index (χ1n) is 8.01. The summed E-state index contributed by atoms with van der Waals surface area (Å²) >= 11 is 0. The van der Waals surface area contributed by atoms with Gasteiger partial charge in [0.25, 0.3) is 5.91 Å². The first-order chi connectivity index (χ1) is 10.7. The van der Waals surface area contributed by atoms with Gasteiger partial charge in [0.1, 0.15) is 17.7 Å². The Balaban J connectivity index is 1.49. The van der Waals surface area contributed by atoms with Gasteiger partial charge in [-0.25, -0.2) is 4.39 Å². The summed E-state index contributed by atoms with van der Waals surface area (Å²) in [5, 5.41) is 0. The summed E-state index contributed by atoms with van der Waals surface area (Å²) in [5.41, 5.74) is 0. The lowest BCUT2D eigenvalue weighted by molar-refractivity contribution is -0.143. The number of ether oxygens (including phenoxy) is 2. The lowest BCUT2D eigenvalue weighted by atomic mass is 9.98. The molecule has 2 saturated heterocycles. The fourth-order valence-electron chi connectivity index (χ4n) is 3.12. The van der Waals surface area contributed by atoms with Gasteiger partial charge in [0.05, 0.1) is 6.61 Å². The molecule has 2 unspecified atom stereocenters. The van der Waals surface area contributed by atoms with Gasteiger partial charge >= 0.3 is 0 Å². The van der Waals surface area contributed by atoms with Gasteiger partial charge in [-0.15, -0.1) is 0 Å². The zero-order valence-electron chi connectivity index (χ0n) is 12.7. The maximum Gasteiger partial charge on any atom is 0.251 e. The van der Waals surface area contributed by atoms with E-state index < -0.39 is 0 Å². The van der Waals surface area contributed by atoms with Gasteiger partial charge in [-0.2, -0.15) is 0 Å². The fourth-order valence-corrected chi connectivity index (χ4v) is 3.12. The third kappa shape index (κ3) is 3.77. The van der Waals surface area contributed by atoms with Crippen LogP contribution in [0.3, 0.4) is 0 Å². The van der Waals surface area contributed by atoms with Crippen molar-refractivity contribution in [1.82, 2.24) is 4.90 Å². The molecular formula is C17H22FNO3. The van der Waals surface area contributed by atoms with Crippen LogP contribution in [0, 0.1) is 11.7 Å². The first kappa shape index (κ1) is 15.3. The van der Waals surface area contributed by atoms with Crippen LogP contribution >= 0.6 is 0 Å². The number of carbonyl (C=O) groups is 1. The molecule has 2 fully saturated rings. The van der Waals surface area contributed by atoms with Crippen LogP contribution in [0.1, 0.15) is 25.7 Å². The van der Waals surface area contributed by atoms with Crippen LogP contribution in [0.4, 0.5) is 4.39 Å². The summed E-state index contributed by atoms with van der Waals surface area (Å²) in [6.45, 7) is 2.79. The highest BCUT2D eigenvalue weighted by Crippen LogP contribution is 2.22. The molecule has 22 heavy (non-hydrogen) atoms. The molecule has 1 aromatic carbocycles. The van der Waals surface area contributed by atoms with Crippen LogP contribution < -0.4 is 4.74 Å². The van der Waals surface area contributed by atoms with E-state index in [4.69, 9.17) is 9.47 Å². The number of benzene rings is 1. The summed E-state index contributed by atoms with van der Waals surface area (Å²) in [4.78, 5) is 14.3. The van der Waals surface area contributed by atoms with Crippen molar-refractivity contribution < 1.29 is 18.7 Å². The molecule has 2 aliphatic heterocycles. The van der Waals surface area contributed by atoms with E-state index in [9.17, 15) is 9.18 Å². The molecule has 0 aliphatic carbocycles. The van der Waals surface area contributed by atoms with E-state index in [1.54, 1.807) is 12.1 Å². The highest BCUT2D eigenvalue weighted by Gasteiger charge is 2.31. The maximum absolute atomic E-state index is 12.9. The zero-order valence-corrected chi connectivity index (χ0v) is 12.7. The molecule has 0 saturated carbocycles. The van der Waals surface area contributed by atoms with Crippen LogP contribution in [-0.4, -0.2) is 43.2 Å². The second-order valence-electron chi connectivity index (χ2n) is 6.06. The van der Waals surface area contributed by atoms with Crippen molar-refractivity contribution in [1.29, 1.82) is 0 Å². The molecule has 1 amide bonds. The Morgan fingerprint density at radius 1 is 1.27 bits per heavy atom. The second-order valence-corrected chi connectivity index (χ2v) is 6.06. The van der Waals surface area contributed by atoms with Crippen molar-refractivity contribution in [2.75, 3.05) is 26.3 Å². The first-order valence-corrected chi connectivity index (χ1v) is 8.01. The second kappa shape index (κ2) is 7.09. The summed E-state index contributed by atoms with van der Waals surface area (Å²) < 4.78 is 24.1. The summed E-state index contributed by atoms with van der Waals surface area (Å²) in [7, 11) is 0. The van der Waals surface area contributed by atoms with Crippen LogP contribution in [-0.2, 0) is 9.53 Å². The Hall–Kier alpha value is -1.62. The van der Waals surface area contributed by atoms with Gasteiger partial charge in [0.15, 0.2) is 0 Å². The number of nitrogens with zero attached hydrogens (tertiary/aromatic N) is 1. The Morgan fingerprint density at radius 3 is 2.82 bits per heavy atom. The molecule has 0 aromatic heterocycles. The topological polar surface area (TPSA) is 38.8 Å². The molecule has 5 heteroatoms. The molecule has 2 aliphatic rings. The van der Waals surface area contributed by atoms with Crippen LogP contribution in [0.25, 0.3) is 0 Å². The molecule has 2 atom stereocenters. The third-order valence-corrected chi connectivity index (χ3v) is 4.34. The predicted molar refractivity (Wildman–Crippen MR) is 80.2 cm³/mol. The number of carbonyl (C=O) groups excluding carboxylic acids is 1. The van der Waals surface area contributed by atoms with E-state index in [0.717, 1.165) is 38.8 Å². The van der Waals surface area contributed by atoms with E-state index >= 15 is 0 Å². The minimum absolute atomic E-state index is 0.129. The quantitative estimate of drug-likeness (QED) is 0.858. The molecule has 0 radical (unpaired) electrons. The van der Waals surface area contributed by atoms with Crippen molar-refractivity contribution in [3.8, 4) is 5.75 Å². The lowest BCUT2D eigenvalue weighted by Gasteiger charge is -2.34. The maximum atomic E-state index is 12.9. The largest absolute Gasteiger partial charge is 0.493 e. The van der Waals surface area contributed by atoms with Gasteiger partial charge in [0, 0.05) is 25.6 Å². The van der Waals surface area contributed by atoms with Gasteiger partial charge < -0.3 is 14.4 Å². The third-order valence-electron chi connectivity index (χ3n) is 4.34. The minimum Gasteiger partial charge on any atom is -0.493 e. The molecule has 2 heterocycles. The van der Waals surface area contributed by atoms with E-state index in [1.165, 1.54) is 12.1 Å². The van der Waals surface area contributed by atoms with Crippen molar-refractivity contribution in [3.63, 3.8) is 0 Å². The van der Waals surface area contributed by atoms with Crippen molar-refractivity contribution in [3.05, 3.63) is 30.1 Å². The van der Waals surface area contributed by atoms with E-state index in [2.05, 4.69) is 0 Å². The van der Waals surface area contributed by atoms with Crippen LogP contribution in [0.15, 0.2) is 24.3 Å². The molecule has 3 rings (SSSR count). The average Bonchev–Trinajstić information content (AvgIpc) is 3.08. The highest BCUT2D eigenvalue weighted by molar-refractivity contribution is 5.81. The number of hydrogen-bond donors (Lipinski definition) is 0. The molecule has 0 spiro atoms. The van der Waals surface area contributed by atoms with E-state index in [-0.39, 0.29) is 17.8 Å². The van der Waals surface area contributed by atoms with E-state index in [0.29, 0.717) is 24.9 Å². The molecule has 4 nitrogen and oxygen atoms in total. The standard InChI is InChI=1S/C17H22FNO3/c18-14-5-7-15(8-6-14)22-12-13-3-1-9-19(11-13)17(20)16-4-2-10-21-16/h5-8,13,16H,1-4,9-12H2. The summed E-state index contributed by atoms with van der Waals surface area (Å²) in [6, 6.07) is 6.05. The van der Waals surface area contributed by atoms with Gasteiger partial charge in [-0.1, -0.05) is 0 Å². The average molecular weight is 307 g/mol. The molecular weight excluding hydrogens is 285 g/mol. The van der Waals surface area contributed by atoms with Crippen molar-refractivity contribution >= 4 is 5.91 Å². The minimum atomic E-state index is -0.265. The summed E-state index contributed by atoms with van der Waals surface area (Å²) in [6.07, 6.45) is 3.62. The van der Waals surface area contributed by atoms with Crippen LogP contribution in [0.2, 0.25) is 0 Å². The van der Waals surface area contributed by atoms with E-state index in [1.807, 2.05) is 4.90 Å². The van der Waals surface area contributed by atoms with Gasteiger partial charge in [-0.05, 0) is 49.9 Å². The Morgan fingerprint density at radius 2 is 2.09 bits per heavy atom. The van der Waals surface area contributed by atoms with Gasteiger partial charge in [0.2, 0.25) is 0 Å².